The maximum atomic E-state index is 14.8. The molecule has 3 N–H and O–H groups in total. The number of benzene rings is 1. The number of anilines is 2. The Bertz CT molecular complexity index is 727. The van der Waals surface area contributed by atoms with Crippen molar-refractivity contribution >= 4 is 23.2 Å². The lowest BCUT2D eigenvalue weighted by Gasteiger charge is -2.39. The summed E-state index contributed by atoms with van der Waals surface area (Å²) in [4.78, 5) is 25.3. The van der Waals surface area contributed by atoms with Crippen LogP contribution in [0.3, 0.4) is 0 Å². The van der Waals surface area contributed by atoms with Crippen molar-refractivity contribution in [2.45, 2.75) is 44.6 Å². The van der Waals surface area contributed by atoms with Crippen LogP contribution in [-0.2, 0) is 9.59 Å². The third-order valence-corrected chi connectivity index (χ3v) is 6.46. The minimum Gasteiger partial charge on any atom is -0.374 e. The van der Waals surface area contributed by atoms with Gasteiger partial charge in [-0.05, 0) is 75.2 Å². The Kier molecular flexibility index (Phi) is 5.80. The highest BCUT2D eigenvalue weighted by atomic mass is 19.1. The highest BCUT2D eigenvalue weighted by Gasteiger charge is 2.29. The zero-order chi connectivity index (χ0) is 19.5. The van der Waals surface area contributed by atoms with E-state index in [-0.39, 0.29) is 17.6 Å². The van der Waals surface area contributed by atoms with E-state index >= 15 is 0 Å². The summed E-state index contributed by atoms with van der Waals surface area (Å²) in [6.45, 7) is 4.04. The first kappa shape index (κ1) is 19.2. The van der Waals surface area contributed by atoms with Gasteiger partial charge in [-0.3, -0.25) is 14.9 Å². The summed E-state index contributed by atoms with van der Waals surface area (Å²) in [5.74, 6) is 0.707. The van der Waals surface area contributed by atoms with Crippen LogP contribution in [0.15, 0.2) is 18.2 Å². The molecule has 1 aromatic carbocycles. The van der Waals surface area contributed by atoms with Gasteiger partial charge >= 0.3 is 0 Å². The van der Waals surface area contributed by atoms with Crippen LogP contribution in [-0.4, -0.2) is 44.0 Å². The van der Waals surface area contributed by atoms with E-state index in [1.165, 1.54) is 18.9 Å². The number of carbonyl (C=O) groups excluding carboxylic acids is 2. The molecule has 3 saturated heterocycles. The molecule has 0 aromatic heterocycles. The molecule has 1 unspecified atom stereocenters. The normalized spacial score (nSPS) is 24.9. The quantitative estimate of drug-likeness (QED) is 0.690. The number of hydrogen-bond acceptors (Lipinski definition) is 5. The molecule has 0 spiro atoms. The summed E-state index contributed by atoms with van der Waals surface area (Å²) in [5.41, 5.74) is 1.21. The summed E-state index contributed by atoms with van der Waals surface area (Å²) in [6.07, 6.45) is 5.51. The largest absolute Gasteiger partial charge is 0.374 e. The predicted octanol–water partition coefficient (Wildman–Crippen LogP) is 2.26. The van der Waals surface area contributed by atoms with Crippen LogP contribution in [0.25, 0.3) is 0 Å². The second-order valence-corrected chi connectivity index (χ2v) is 8.23. The van der Waals surface area contributed by atoms with Crippen molar-refractivity contribution in [2.24, 2.45) is 11.8 Å². The van der Waals surface area contributed by atoms with Crippen molar-refractivity contribution < 1.29 is 14.0 Å². The van der Waals surface area contributed by atoms with Gasteiger partial charge in [0, 0.05) is 25.2 Å². The van der Waals surface area contributed by atoms with Gasteiger partial charge in [0.15, 0.2) is 0 Å². The average Bonchev–Trinajstić information content (AvgIpc) is 2.71. The van der Waals surface area contributed by atoms with Crippen LogP contribution in [0.5, 0.6) is 0 Å². The molecule has 4 rings (SSSR count). The number of imide groups is 1. The molecule has 3 aliphatic rings. The molecule has 3 fully saturated rings. The molecule has 3 heterocycles. The monoisotopic (exact) mass is 388 g/mol. The highest BCUT2D eigenvalue weighted by Crippen LogP contribution is 2.33. The van der Waals surface area contributed by atoms with E-state index in [1.54, 1.807) is 6.07 Å². The SMILES string of the molecule is O=C1CCC(Nc2ccc(N3CCC(C4CCNCC4)CC3)c(F)c2)C(=O)N1. The molecule has 2 amide bonds. The van der Waals surface area contributed by atoms with E-state index in [9.17, 15) is 14.0 Å². The lowest BCUT2D eigenvalue weighted by molar-refractivity contribution is -0.133. The molecule has 28 heavy (non-hydrogen) atoms. The van der Waals surface area contributed by atoms with Crippen LogP contribution in [0.4, 0.5) is 15.8 Å². The number of amides is 2. The molecule has 0 radical (unpaired) electrons. The number of piperidine rings is 3. The number of rotatable bonds is 4. The molecular weight excluding hydrogens is 359 g/mol. The van der Waals surface area contributed by atoms with Crippen LogP contribution in [0.2, 0.25) is 0 Å². The second-order valence-electron chi connectivity index (χ2n) is 8.23. The van der Waals surface area contributed by atoms with Crippen molar-refractivity contribution in [3.05, 3.63) is 24.0 Å². The van der Waals surface area contributed by atoms with E-state index in [0.29, 0.717) is 24.2 Å². The Hall–Kier alpha value is -2.15. The van der Waals surface area contributed by atoms with Crippen LogP contribution in [0, 0.1) is 17.7 Å². The van der Waals surface area contributed by atoms with Crippen LogP contribution in [0.1, 0.15) is 38.5 Å². The minimum absolute atomic E-state index is 0.252. The van der Waals surface area contributed by atoms with E-state index < -0.39 is 6.04 Å². The van der Waals surface area contributed by atoms with Gasteiger partial charge in [0.05, 0.1) is 5.69 Å². The fraction of sp³-hybridized carbons (Fsp3) is 0.619. The van der Waals surface area contributed by atoms with E-state index in [1.807, 2.05) is 6.07 Å². The Balaban J connectivity index is 1.34. The van der Waals surface area contributed by atoms with Crippen LogP contribution < -0.4 is 20.9 Å². The third kappa shape index (κ3) is 4.29. The maximum Gasteiger partial charge on any atom is 0.249 e. The van der Waals surface area contributed by atoms with Crippen molar-refractivity contribution in [3.63, 3.8) is 0 Å². The summed E-state index contributed by atoms with van der Waals surface area (Å²) in [5, 5.41) is 8.78. The van der Waals surface area contributed by atoms with Gasteiger partial charge < -0.3 is 15.5 Å². The van der Waals surface area contributed by atoms with E-state index in [2.05, 4.69) is 20.9 Å². The summed E-state index contributed by atoms with van der Waals surface area (Å²) >= 11 is 0. The first-order valence-electron chi connectivity index (χ1n) is 10.5. The average molecular weight is 388 g/mol. The van der Waals surface area contributed by atoms with Gasteiger partial charge in [-0.15, -0.1) is 0 Å². The zero-order valence-corrected chi connectivity index (χ0v) is 16.2. The number of hydrogen-bond donors (Lipinski definition) is 3. The number of halogens is 1. The van der Waals surface area contributed by atoms with Crippen molar-refractivity contribution in [3.8, 4) is 0 Å². The van der Waals surface area contributed by atoms with Crippen molar-refractivity contribution in [1.29, 1.82) is 0 Å². The fourth-order valence-electron chi connectivity index (χ4n) is 4.81. The highest BCUT2D eigenvalue weighted by molar-refractivity contribution is 6.01. The standard InChI is InChI=1S/C21H29FN4O2/c22-17-13-16(24-18-2-4-20(27)25-21(18)28)1-3-19(17)26-11-7-15(8-12-26)14-5-9-23-10-6-14/h1,3,13-15,18,23-24H,2,4-12H2,(H,25,27,28). The molecule has 1 aromatic rings. The lowest BCUT2D eigenvalue weighted by Crippen LogP contribution is -2.47. The van der Waals surface area contributed by atoms with E-state index in [0.717, 1.165) is 50.9 Å². The van der Waals surface area contributed by atoms with Gasteiger partial charge in [0.1, 0.15) is 11.9 Å². The lowest BCUT2D eigenvalue weighted by atomic mass is 9.79. The maximum absolute atomic E-state index is 14.8. The summed E-state index contributed by atoms with van der Waals surface area (Å²) in [7, 11) is 0. The molecule has 0 aliphatic carbocycles. The Morgan fingerprint density at radius 1 is 1.00 bits per heavy atom. The van der Waals surface area contributed by atoms with Gasteiger partial charge in [0.2, 0.25) is 11.8 Å². The second kappa shape index (κ2) is 8.47. The van der Waals surface area contributed by atoms with Crippen molar-refractivity contribution in [2.75, 3.05) is 36.4 Å². The smallest absolute Gasteiger partial charge is 0.249 e. The molecule has 152 valence electrons. The first-order chi connectivity index (χ1) is 13.6. The molecule has 6 nitrogen and oxygen atoms in total. The fourth-order valence-corrected chi connectivity index (χ4v) is 4.81. The van der Waals surface area contributed by atoms with Gasteiger partial charge in [-0.2, -0.15) is 0 Å². The van der Waals surface area contributed by atoms with Gasteiger partial charge in [0.25, 0.3) is 0 Å². The number of nitrogens with zero attached hydrogens (tertiary/aromatic N) is 1. The predicted molar refractivity (Wildman–Crippen MR) is 107 cm³/mol. The minimum atomic E-state index is -0.497. The molecule has 1 atom stereocenters. The number of carbonyl (C=O) groups is 2. The van der Waals surface area contributed by atoms with Gasteiger partial charge in [-0.1, -0.05) is 0 Å². The topological polar surface area (TPSA) is 73.5 Å². The Morgan fingerprint density at radius 2 is 1.71 bits per heavy atom. The summed E-state index contributed by atoms with van der Waals surface area (Å²) in [6, 6.07) is 4.58. The molecule has 3 aliphatic heterocycles. The molecule has 7 heteroatoms. The Morgan fingerprint density at radius 3 is 2.39 bits per heavy atom. The van der Waals surface area contributed by atoms with Crippen LogP contribution >= 0.6 is 0 Å². The molecule has 0 bridgehead atoms. The van der Waals surface area contributed by atoms with Crippen molar-refractivity contribution in [1.82, 2.24) is 10.6 Å². The Labute approximate surface area is 165 Å². The summed E-state index contributed by atoms with van der Waals surface area (Å²) < 4.78 is 14.8. The zero-order valence-electron chi connectivity index (χ0n) is 16.2. The van der Waals surface area contributed by atoms with Gasteiger partial charge in [-0.25, -0.2) is 4.39 Å². The van der Waals surface area contributed by atoms with E-state index in [4.69, 9.17) is 0 Å². The first-order valence-corrected chi connectivity index (χ1v) is 10.5. The number of nitrogens with one attached hydrogen (secondary N) is 3. The molecule has 0 saturated carbocycles. The third-order valence-electron chi connectivity index (χ3n) is 6.46. The molecular formula is C21H29FN4O2.